The van der Waals surface area contributed by atoms with E-state index in [1.54, 1.807) is 18.2 Å². The van der Waals surface area contributed by atoms with Gasteiger partial charge in [-0.05, 0) is 43.3 Å². The minimum Gasteiger partial charge on any atom is -0.318 e. The number of hydrogen-bond acceptors (Lipinski definition) is 3. The summed E-state index contributed by atoms with van der Waals surface area (Å²) < 4.78 is 0. The highest BCUT2D eigenvalue weighted by molar-refractivity contribution is 7.99. The largest absolute Gasteiger partial charge is 0.318 e. The van der Waals surface area contributed by atoms with Gasteiger partial charge in [-0.2, -0.15) is 0 Å². The molecule has 3 aromatic rings. The van der Waals surface area contributed by atoms with Crippen LogP contribution in [0.4, 0.5) is 11.4 Å². The molecule has 2 N–H and O–H groups in total. The van der Waals surface area contributed by atoms with Crippen LogP contribution in [0.15, 0.2) is 88.7 Å². The molecular formula is C21H18N2O2S. The quantitative estimate of drug-likeness (QED) is 0.660. The third kappa shape index (κ3) is 4.74. The maximum Gasteiger partial charge on any atom is 0.314 e. The summed E-state index contributed by atoms with van der Waals surface area (Å²) in [5, 5.41) is 5.29. The van der Waals surface area contributed by atoms with Crippen molar-refractivity contribution in [3.05, 3.63) is 84.4 Å². The molecular weight excluding hydrogens is 344 g/mol. The predicted octanol–water partition coefficient (Wildman–Crippen LogP) is 4.72. The molecule has 0 radical (unpaired) electrons. The average molecular weight is 362 g/mol. The molecule has 130 valence electrons. The van der Waals surface area contributed by atoms with Gasteiger partial charge in [0.25, 0.3) is 0 Å². The molecule has 5 heteroatoms. The third-order valence-electron chi connectivity index (χ3n) is 3.62. The molecule has 4 nitrogen and oxygen atoms in total. The van der Waals surface area contributed by atoms with E-state index < -0.39 is 11.8 Å². The number of carbonyl (C=O) groups is 2. The number of nitrogens with one attached hydrogen (secondary N) is 2. The maximum absolute atomic E-state index is 12.3. The summed E-state index contributed by atoms with van der Waals surface area (Å²) in [6.07, 6.45) is 0. The molecule has 0 heterocycles. The van der Waals surface area contributed by atoms with Crippen molar-refractivity contribution in [2.45, 2.75) is 16.7 Å². The molecule has 0 bridgehead atoms. The van der Waals surface area contributed by atoms with Crippen LogP contribution < -0.4 is 10.6 Å². The number of anilines is 2. The first kappa shape index (κ1) is 17.8. The van der Waals surface area contributed by atoms with Crippen LogP contribution in [0.25, 0.3) is 0 Å². The summed E-state index contributed by atoms with van der Waals surface area (Å²) in [6.45, 7) is 1.96. The Bertz CT molecular complexity index is 909. The molecule has 0 spiro atoms. The highest BCUT2D eigenvalue weighted by Crippen LogP contribution is 2.33. The first-order valence-corrected chi connectivity index (χ1v) is 8.94. The summed E-state index contributed by atoms with van der Waals surface area (Å²) in [7, 11) is 0. The van der Waals surface area contributed by atoms with E-state index in [0.717, 1.165) is 15.4 Å². The van der Waals surface area contributed by atoms with Crippen LogP contribution in [0.3, 0.4) is 0 Å². The Morgan fingerprint density at radius 2 is 1.35 bits per heavy atom. The van der Waals surface area contributed by atoms with Crippen molar-refractivity contribution in [2.24, 2.45) is 0 Å². The normalized spacial score (nSPS) is 10.2. The zero-order valence-corrected chi connectivity index (χ0v) is 15.0. The third-order valence-corrected chi connectivity index (χ3v) is 4.71. The Morgan fingerprint density at radius 3 is 2.08 bits per heavy atom. The summed E-state index contributed by atoms with van der Waals surface area (Å²) in [5.41, 5.74) is 2.27. The number of carbonyl (C=O) groups excluding carboxylic acids is 2. The van der Waals surface area contributed by atoms with E-state index in [-0.39, 0.29) is 0 Å². The number of rotatable bonds is 4. The standard InChI is InChI=1S/C21H18N2O2S/c1-15-11-13-16(14-12-15)22-20(24)21(25)23-18-9-5-6-10-19(18)26-17-7-3-2-4-8-17/h2-14H,1H3,(H,22,24)(H,23,25). The van der Waals surface area contributed by atoms with Gasteiger partial charge < -0.3 is 10.6 Å². The second-order valence-electron chi connectivity index (χ2n) is 5.69. The number of para-hydroxylation sites is 1. The van der Waals surface area contributed by atoms with Gasteiger partial charge in [0.05, 0.1) is 5.69 Å². The van der Waals surface area contributed by atoms with Crippen molar-refractivity contribution < 1.29 is 9.59 Å². The van der Waals surface area contributed by atoms with Gasteiger partial charge in [-0.1, -0.05) is 59.8 Å². The fraction of sp³-hybridized carbons (Fsp3) is 0.0476. The Morgan fingerprint density at radius 1 is 0.731 bits per heavy atom. The molecule has 0 fully saturated rings. The second-order valence-corrected chi connectivity index (χ2v) is 6.80. The molecule has 0 aliphatic heterocycles. The van der Waals surface area contributed by atoms with Gasteiger partial charge in [0.1, 0.15) is 0 Å². The molecule has 0 atom stereocenters. The molecule has 0 aliphatic carbocycles. The fourth-order valence-corrected chi connectivity index (χ4v) is 3.20. The van der Waals surface area contributed by atoms with Crippen molar-refractivity contribution in [1.29, 1.82) is 0 Å². The lowest BCUT2D eigenvalue weighted by Crippen LogP contribution is -2.29. The Kier molecular flexibility index (Phi) is 5.71. The molecule has 2 amide bonds. The van der Waals surface area contributed by atoms with E-state index in [1.165, 1.54) is 11.8 Å². The van der Waals surface area contributed by atoms with Crippen LogP contribution in [0, 0.1) is 6.92 Å². The lowest BCUT2D eigenvalue weighted by atomic mass is 10.2. The lowest BCUT2D eigenvalue weighted by molar-refractivity contribution is -0.133. The molecule has 0 aromatic heterocycles. The van der Waals surface area contributed by atoms with Gasteiger partial charge in [0.15, 0.2) is 0 Å². The van der Waals surface area contributed by atoms with Gasteiger partial charge >= 0.3 is 11.8 Å². The van der Waals surface area contributed by atoms with E-state index in [0.29, 0.717) is 11.4 Å². The minimum absolute atomic E-state index is 0.586. The molecule has 0 saturated carbocycles. The number of aryl methyl sites for hydroxylation is 1. The maximum atomic E-state index is 12.3. The zero-order valence-electron chi connectivity index (χ0n) is 14.2. The van der Waals surface area contributed by atoms with Gasteiger partial charge in [0.2, 0.25) is 0 Å². The molecule has 3 aromatic carbocycles. The lowest BCUT2D eigenvalue weighted by Gasteiger charge is -2.11. The van der Waals surface area contributed by atoms with Gasteiger partial charge in [-0.15, -0.1) is 0 Å². The number of amides is 2. The molecule has 0 unspecified atom stereocenters. The predicted molar refractivity (Wildman–Crippen MR) is 105 cm³/mol. The van der Waals surface area contributed by atoms with E-state index in [2.05, 4.69) is 10.6 Å². The fourth-order valence-electron chi connectivity index (χ4n) is 2.28. The minimum atomic E-state index is -0.702. The topological polar surface area (TPSA) is 58.2 Å². The van der Waals surface area contributed by atoms with E-state index >= 15 is 0 Å². The highest BCUT2D eigenvalue weighted by Gasteiger charge is 2.16. The van der Waals surface area contributed by atoms with Gasteiger partial charge in [-0.3, -0.25) is 9.59 Å². The summed E-state index contributed by atoms with van der Waals surface area (Å²) in [6, 6.07) is 24.5. The van der Waals surface area contributed by atoms with Crippen molar-refractivity contribution in [2.75, 3.05) is 10.6 Å². The number of hydrogen-bond donors (Lipinski definition) is 2. The van der Waals surface area contributed by atoms with Crippen LogP contribution in [-0.4, -0.2) is 11.8 Å². The van der Waals surface area contributed by atoms with E-state index in [1.807, 2.05) is 67.6 Å². The van der Waals surface area contributed by atoms with Crippen molar-refractivity contribution in [3.8, 4) is 0 Å². The molecule has 0 saturated heterocycles. The molecule has 26 heavy (non-hydrogen) atoms. The highest BCUT2D eigenvalue weighted by atomic mass is 32.2. The smallest absolute Gasteiger partial charge is 0.314 e. The van der Waals surface area contributed by atoms with Crippen molar-refractivity contribution >= 4 is 35.0 Å². The molecule has 3 rings (SSSR count). The van der Waals surface area contributed by atoms with E-state index in [4.69, 9.17) is 0 Å². The average Bonchev–Trinajstić information content (AvgIpc) is 2.66. The van der Waals surface area contributed by atoms with Crippen LogP contribution in [0.5, 0.6) is 0 Å². The Balaban J connectivity index is 1.69. The second kappa shape index (κ2) is 8.36. The van der Waals surface area contributed by atoms with Gasteiger partial charge in [0, 0.05) is 15.5 Å². The van der Waals surface area contributed by atoms with E-state index in [9.17, 15) is 9.59 Å². The van der Waals surface area contributed by atoms with Crippen LogP contribution in [0.2, 0.25) is 0 Å². The van der Waals surface area contributed by atoms with Gasteiger partial charge in [-0.25, -0.2) is 0 Å². The van der Waals surface area contributed by atoms with Crippen molar-refractivity contribution in [3.63, 3.8) is 0 Å². The summed E-state index contributed by atoms with van der Waals surface area (Å²) in [4.78, 5) is 26.3. The Hall–Kier alpha value is -3.05. The summed E-state index contributed by atoms with van der Waals surface area (Å²) >= 11 is 1.53. The Labute approximate surface area is 156 Å². The van der Waals surface area contributed by atoms with Crippen LogP contribution in [-0.2, 0) is 9.59 Å². The number of benzene rings is 3. The van der Waals surface area contributed by atoms with Crippen LogP contribution >= 0.6 is 11.8 Å². The van der Waals surface area contributed by atoms with Crippen molar-refractivity contribution in [1.82, 2.24) is 0 Å². The first-order chi connectivity index (χ1) is 12.6. The summed E-state index contributed by atoms with van der Waals surface area (Å²) in [5.74, 6) is -1.40. The zero-order chi connectivity index (χ0) is 18.4. The monoisotopic (exact) mass is 362 g/mol. The SMILES string of the molecule is Cc1ccc(NC(=O)C(=O)Nc2ccccc2Sc2ccccc2)cc1. The molecule has 0 aliphatic rings. The first-order valence-electron chi connectivity index (χ1n) is 8.13. The van der Waals surface area contributed by atoms with Crippen LogP contribution in [0.1, 0.15) is 5.56 Å².